The van der Waals surface area contributed by atoms with Crippen molar-refractivity contribution in [3.05, 3.63) is 92.7 Å². The Bertz CT molecular complexity index is 1540. The van der Waals surface area contributed by atoms with Gasteiger partial charge in [0.25, 0.3) is 5.91 Å². The van der Waals surface area contributed by atoms with Crippen LogP contribution in [0, 0.1) is 18.2 Å². The number of ether oxygens (including phenoxy) is 1. The summed E-state index contributed by atoms with van der Waals surface area (Å²) < 4.78 is 20.8. The Morgan fingerprint density at radius 2 is 1.60 bits per heavy atom. The van der Waals surface area contributed by atoms with Gasteiger partial charge in [-0.05, 0) is 104 Å². The van der Waals surface area contributed by atoms with E-state index in [-0.39, 0.29) is 36.4 Å². The highest BCUT2D eigenvalue weighted by molar-refractivity contribution is 6.31. The molecule has 0 fully saturated rings. The third-order valence-electron chi connectivity index (χ3n) is 8.60. The van der Waals surface area contributed by atoms with Crippen LogP contribution in [0.5, 0.6) is 5.75 Å². The first-order valence-electron chi connectivity index (χ1n) is 15.4. The summed E-state index contributed by atoms with van der Waals surface area (Å²) in [5.41, 5.74) is 3.24. The van der Waals surface area contributed by atoms with Crippen molar-refractivity contribution in [2.45, 2.75) is 84.2 Å². The molecule has 45 heavy (non-hydrogen) atoms. The normalized spacial score (nSPS) is 12.8. The van der Waals surface area contributed by atoms with Gasteiger partial charge in [0.05, 0.1) is 0 Å². The van der Waals surface area contributed by atoms with Gasteiger partial charge in [0.2, 0.25) is 5.91 Å². The number of anilines is 1. The number of aryl methyl sites for hydroxylation is 1. The van der Waals surface area contributed by atoms with Crippen LogP contribution in [0.15, 0.2) is 54.6 Å². The van der Waals surface area contributed by atoms with Crippen LogP contribution >= 0.6 is 23.2 Å². The lowest BCUT2D eigenvalue weighted by Gasteiger charge is -2.33. The summed E-state index contributed by atoms with van der Waals surface area (Å²) in [5, 5.41) is 12.0. The maximum absolute atomic E-state index is 14.3. The Morgan fingerprint density at radius 3 is 2.20 bits per heavy atom. The first kappa shape index (κ1) is 36.1. The Kier molecular flexibility index (Phi) is 12.6. The molecule has 0 aliphatic heterocycles. The fourth-order valence-electron chi connectivity index (χ4n) is 5.97. The number of carbonyl (C=O) groups is 2. The van der Waals surface area contributed by atoms with E-state index >= 15 is 0 Å². The minimum absolute atomic E-state index is 0.0381. The summed E-state index contributed by atoms with van der Waals surface area (Å²) in [6, 6.07) is 15.4. The van der Waals surface area contributed by atoms with Crippen LogP contribution in [-0.2, 0) is 9.59 Å². The van der Waals surface area contributed by atoms with E-state index in [2.05, 4.69) is 5.32 Å². The molecular weight excluding hydrogens is 612 g/mol. The monoisotopic (exact) mass is 655 g/mol. The minimum Gasteiger partial charge on any atom is -0.477 e. The molecule has 0 radical (unpaired) electrons. The number of nitrogens with zero attached hydrogens (tertiary/aromatic N) is 1. The number of rotatable bonds is 14. The first-order chi connectivity index (χ1) is 21.3. The van der Waals surface area contributed by atoms with Crippen LogP contribution in [0.2, 0.25) is 10.0 Å². The zero-order chi connectivity index (χ0) is 33.5. The minimum atomic E-state index is -1.11. The fraction of sp³-hybridized carbons (Fsp3) is 0.417. The molecule has 242 valence electrons. The van der Waals surface area contributed by atoms with Gasteiger partial charge in [-0.2, -0.15) is 0 Å². The van der Waals surface area contributed by atoms with Crippen molar-refractivity contribution in [2.75, 3.05) is 19.0 Å². The molecule has 2 N–H and O–H groups in total. The Balaban J connectivity index is 2.06. The van der Waals surface area contributed by atoms with Gasteiger partial charge in [-0.3, -0.25) is 9.59 Å². The maximum atomic E-state index is 14.3. The number of nitrogens with one attached hydrogen (secondary N) is 2. The lowest BCUT2D eigenvalue weighted by molar-refractivity contribution is -0.137. The molecule has 3 rings (SSSR count). The van der Waals surface area contributed by atoms with E-state index < -0.39 is 11.5 Å². The molecule has 2 unspecified atom stereocenters. The van der Waals surface area contributed by atoms with E-state index in [1.54, 1.807) is 68.4 Å². The van der Waals surface area contributed by atoms with Crippen LogP contribution in [0.3, 0.4) is 0 Å². The number of benzene rings is 3. The largest absolute Gasteiger partial charge is 0.477 e. The van der Waals surface area contributed by atoms with E-state index in [1.165, 1.54) is 6.07 Å². The smallest absolute Gasteiger partial charge is 0.263 e. The zero-order valence-corrected chi connectivity index (χ0v) is 28.7. The van der Waals surface area contributed by atoms with Crippen LogP contribution in [0.25, 0.3) is 0 Å². The number of hydrogen-bond donors (Lipinski definition) is 2. The average Bonchev–Trinajstić information content (AvgIpc) is 3.01. The van der Waals surface area contributed by atoms with Crippen molar-refractivity contribution in [1.29, 1.82) is 5.41 Å². The van der Waals surface area contributed by atoms with Gasteiger partial charge in [0, 0.05) is 53.8 Å². The third-order valence-corrected chi connectivity index (χ3v) is 9.07. The number of likely N-dealkylation sites (N-methyl/N-ethyl adjacent to an activating group) is 1. The van der Waals surface area contributed by atoms with Gasteiger partial charge < -0.3 is 20.4 Å². The summed E-state index contributed by atoms with van der Waals surface area (Å²) in [6.07, 6.45) is 1.87. The molecule has 0 heterocycles. The molecule has 3 aromatic carbocycles. The van der Waals surface area contributed by atoms with Gasteiger partial charge in [0.15, 0.2) is 5.60 Å². The molecular formula is C36H44Cl2FN3O3. The standard InChI is InChI=1S/C36H44Cl2FN3O3/c1-8-28(30-21-27(39)14-11-22(30)4)29-15-12-26(38)20-32(29)42(7)34(43)18-24(17-23(5)40)31-19-25(37)13-16-33(31)45-36(9-2,10-3)35(44)41-6/h11-16,19-21,24,28,40H,8-10,17-18H2,1-7H3,(H,41,44). The van der Waals surface area contributed by atoms with E-state index in [4.69, 9.17) is 33.3 Å². The summed E-state index contributed by atoms with van der Waals surface area (Å²) in [6.45, 7) is 9.46. The molecule has 0 saturated heterocycles. The van der Waals surface area contributed by atoms with Gasteiger partial charge in [0.1, 0.15) is 11.6 Å². The van der Waals surface area contributed by atoms with Gasteiger partial charge >= 0.3 is 0 Å². The van der Waals surface area contributed by atoms with Gasteiger partial charge in [-0.1, -0.05) is 56.1 Å². The van der Waals surface area contributed by atoms with Crippen LogP contribution in [-0.4, -0.2) is 37.2 Å². The fourth-order valence-corrected chi connectivity index (χ4v) is 6.32. The average molecular weight is 657 g/mol. The second-order valence-electron chi connectivity index (χ2n) is 11.6. The van der Waals surface area contributed by atoms with Crippen molar-refractivity contribution in [1.82, 2.24) is 5.32 Å². The van der Waals surface area contributed by atoms with Crippen LogP contribution in [0.1, 0.15) is 93.9 Å². The molecule has 0 bridgehead atoms. The molecule has 0 aliphatic rings. The second kappa shape index (κ2) is 15.7. The van der Waals surface area contributed by atoms with Gasteiger partial charge in [-0.25, -0.2) is 4.39 Å². The molecule has 3 aromatic rings. The van der Waals surface area contributed by atoms with Crippen LogP contribution in [0.4, 0.5) is 10.1 Å². The lowest BCUT2D eigenvalue weighted by Crippen LogP contribution is -2.49. The number of carbonyl (C=O) groups excluding carboxylic acids is 2. The van der Waals surface area contributed by atoms with Crippen molar-refractivity contribution in [3.63, 3.8) is 0 Å². The summed E-state index contributed by atoms with van der Waals surface area (Å²) in [7, 11) is 3.28. The Morgan fingerprint density at radius 1 is 0.956 bits per heavy atom. The van der Waals surface area contributed by atoms with E-state index in [9.17, 15) is 14.0 Å². The number of hydrogen-bond acceptors (Lipinski definition) is 4. The lowest BCUT2D eigenvalue weighted by atomic mass is 9.85. The van der Waals surface area contributed by atoms with E-state index in [0.717, 1.165) is 16.7 Å². The highest BCUT2D eigenvalue weighted by Crippen LogP contribution is 2.40. The SMILES string of the molecule is CCC(c1cc(F)ccc1C)c1ccc(Cl)cc1N(C)C(=O)CC(CC(C)=N)c1cc(Cl)ccc1OC(CC)(CC)C(=O)NC. The molecule has 2 atom stereocenters. The molecule has 0 aromatic heterocycles. The molecule has 9 heteroatoms. The van der Waals surface area contributed by atoms with Crippen molar-refractivity contribution in [2.24, 2.45) is 0 Å². The summed E-state index contributed by atoms with van der Waals surface area (Å²) in [5.74, 6) is -0.940. The molecule has 0 spiro atoms. The van der Waals surface area contributed by atoms with Crippen molar-refractivity contribution < 1.29 is 18.7 Å². The Hall–Kier alpha value is -3.42. The number of halogens is 3. The van der Waals surface area contributed by atoms with E-state index in [1.807, 2.05) is 33.8 Å². The first-order valence-corrected chi connectivity index (χ1v) is 16.1. The molecule has 0 saturated carbocycles. The molecule has 0 aliphatic carbocycles. The summed E-state index contributed by atoms with van der Waals surface area (Å²) >= 11 is 12.9. The van der Waals surface area contributed by atoms with Crippen molar-refractivity contribution in [3.8, 4) is 5.75 Å². The topological polar surface area (TPSA) is 82.5 Å². The predicted molar refractivity (Wildman–Crippen MR) is 183 cm³/mol. The summed E-state index contributed by atoms with van der Waals surface area (Å²) in [4.78, 5) is 28.6. The number of amides is 2. The quantitative estimate of drug-likeness (QED) is 0.170. The maximum Gasteiger partial charge on any atom is 0.263 e. The highest BCUT2D eigenvalue weighted by atomic mass is 35.5. The molecule has 6 nitrogen and oxygen atoms in total. The highest BCUT2D eigenvalue weighted by Gasteiger charge is 2.38. The third kappa shape index (κ3) is 8.44. The molecule has 2 amide bonds. The predicted octanol–water partition coefficient (Wildman–Crippen LogP) is 9.23. The zero-order valence-electron chi connectivity index (χ0n) is 27.2. The van der Waals surface area contributed by atoms with Gasteiger partial charge in [-0.15, -0.1) is 0 Å². The van der Waals surface area contributed by atoms with E-state index in [0.29, 0.717) is 52.0 Å². The Labute approximate surface area is 276 Å². The van der Waals surface area contributed by atoms with Crippen molar-refractivity contribution >= 4 is 46.4 Å². The second-order valence-corrected chi connectivity index (χ2v) is 12.4. The van der Waals surface area contributed by atoms with Crippen LogP contribution < -0.4 is 15.0 Å².